The van der Waals surface area contributed by atoms with Crippen LogP contribution in [0.25, 0.3) is 0 Å². The zero-order valence-electron chi connectivity index (χ0n) is 2.45. The molecule has 0 unspecified atom stereocenters. The van der Waals surface area contributed by atoms with Gasteiger partial charge in [-0.25, -0.2) is 0 Å². The molecule has 4 heavy (non-hydrogen) atoms. The molecule has 0 aromatic heterocycles. The first-order valence-corrected chi connectivity index (χ1v) is 3.66. The van der Waals surface area contributed by atoms with Crippen LogP contribution in [-0.4, -0.2) is 5.93 Å². The Morgan fingerprint density at radius 3 is 1.25 bits per heavy atom. The van der Waals surface area contributed by atoms with Gasteiger partial charge in [0.25, 0.3) is 0 Å². The van der Waals surface area contributed by atoms with E-state index in [1.807, 2.05) is 0 Å². The summed E-state index contributed by atoms with van der Waals surface area (Å²) in [6, 6.07) is 0. The second kappa shape index (κ2) is 16.9. The van der Waals surface area contributed by atoms with Gasteiger partial charge in [-0.3, -0.25) is 0 Å². The summed E-state index contributed by atoms with van der Waals surface area (Å²) in [6.07, 6.45) is 0. The molecule has 0 radical (unpaired) electrons. The van der Waals surface area contributed by atoms with Gasteiger partial charge in [-0.15, -0.1) is 0 Å². The summed E-state index contributed by atoms with van der Waals surface area (Å²) in [6.45, 7) is 0. The molecule has 0 aliphatic carbocycles. The monoisotopic (exact) mass is 384 g/mol. The van der Waals surface area contributed by atoms with Crippen molar-refractivity contribution in [2.24, 2.45) is 0 Å². The Morgan fingerprint density at radius 1 is 1.25 bits per heavy atom. The number of rotatable bonds is 0. The van der Waals surface area contributed by atoms with E-state index in [9.17, 15) is 0 Å². The van der Waals surface area contributed by atoms with Crippen molar-refractivity contribution in [3.63, 3.8) is 0 Å². The van der Waals surface area contributed by atoms with Crippen molar-refractivity contribution in [2.75, 3.05) is 0 Å². The minimum Gasteiger partial charge on any atom is 0 e. The molecule has 0 aromatic carbocycles. The maximum absolute atomic E-state index is 2.11. The molecule has 0 atom stereocenters. The average molecular weight is 386 g/mol. The third-order valence-corrected chi connectivity index (χ3v) is 0. The van der Waals surface area contributed by atoms with E-state index >= 15 is 0 Å². The van der Waals surface area contributed by atoms with Gasteiger partial charge in [-0.1, -0.05) is 0 Å². The van der Waals surface area contributed by atoms with Crippen molar-refractivity contribution < 1.29 is 83.4 Å². The van der Waals surface area contributed by atoms with Crippen molar-refractivity contribution in [1.29, 1.82) is 0 Å². The van der Waals surface area contributed by atoms with Crippen LogP contribution in [0.4, 0.5) is 0 Å². The Kier molecular flexibility index (Phi) is 66.8. The molecular formula is H2BNdTaTi. The molecule has 0 nitrogen and oxygen atoms in total. The molecule has 0 saturated heterocycles. The second-order valence-corrected chi connectivity index (χ2v) is 0. The summed E-state index contributed by atoms with van der Waals surface area (Å²) in [5, 5.41) is 0. The minimum atomic E-state index is 0. The molecule has 0 N–H and O–H groups in total. The van der Waals surface area contributed by atoms with Crippen molar-refractivity contribution in [1.82, 2.24) is 0 Å². The van der Waals surface area contributed by atoms with Gasteiger partial charge >= 0.3 is 26.8 Å². The molecule has 0 rings (SSSR count). The summed E-state index contributed by atoms with van der Waals surface area (Å²) < 4.78 is 0. The van der Waals surface area contributed by atoms with Crippen LogP contribution >= 0.6 is 0 Å². The third-order valence-electron chi connectivity index (χ3n) is 0. The average Bonchev–Trinajstić information content (AvgIpc) is 1.00. The zero-order valence-corrected chi connectivity index (χ0v) is 10.4. The standard InChI is InChI=1S/BH2.Nd.Ta.Ti/h1H2;;;/q+1;;-1;. The van der Waals surface area contributed by atoms with Gasteiger partial charge < -0.3 is 0 Å². The SMILES string of the molecule is [BH2][Ta].[Nd].[Ti]. The Balaban J connectivity index is -0.00000000500. The van der Waals surface area contributed by atoms with Gasteiger partial charge in [0.2, 0.25) is 0 Å². The van der Waals surface area contributed by atoms with Crippen LogP contribution in [0.5, 0.6) is 0 Å². The first kappa shape index (κ1) is 15.8. The molecule has 0 saturated carbocycles. The van der Waals surface area contributed by atoms with Crippen LogP contribution in [0, 0.1) is 40.8 Å². The Labute approximate surface area is 87.4 Å². The van der Waals surface area contributed by atoms with Crippen LogP contribution in [-0.2, 0) is 42.6 Å². The second-order valence-electron chi connectivity index (χ2n) is 0. The van der Waals surface area contributed by atoms with Crippen molar-refractivity contribution in [3.05, 3.63) is 0 Å². The fraction of sp³-hybridized carbons (Fsp3) is 0. The molecule has 0 aliphatic rings. The molecule has 0 amide bonds. The minimum absolute atomic E-state index is 0. The van der Waals surface area contributed by atoms with Crippen LogP contribution in [0.15, 0.2) is 0 Å². The molecule has 18 valence electrons. The van der Waals surface area contributed by atoms with Gasteiger partial charge in [0.1, 0.15) is 0 Å². The summed E-state index contributed by atoms with van der Waals surface area (Å²) in [5.74, 6) is 2.11. The molecule has 0 aromatic rings. The normalized spacial score (nSPS) is 1.00. The van der Waals surface area contributed by atoms with Gasteiger partial charge in [-0.05, 0) is 0 Å². The van der Waals surface area contributed by atoms with E-state index in [1.54, 1.807) is 0 Å². The van der Waals surface area contributed by atoms with Crippen molar-refractivity contribution in [2.45, 2.75) is 0 Å². The first-order valence-electron chi connectivity index (χ1n) is 0.447. The van der Waals surface area contributed by atoms with E-state index < -0.39 is 0 Å². The van der Waals surface area contributed by atoms with E-state index in [0.717, 1.165) is 0 Å². The van der Waals surface area contributed by atoms with Crippen molar-refractivity contribution in [3.8, 4) is 0 Å². The van der Waals surface area contributed by atoms with E-state index in [1.165, 1.54) is 20.9 Å². The van der Waals surface area contributed by atoms with Gasteiger partial charge in [0.15, 0.2) is 0 Å². The summed E-state index contributed by atoms with van der Waals surface area (Å²) in [4.78, 5) is 0. The van der Waals surface area contributed by atoms with E-state index in [-0.39, 0.29) is 62.6 Å². The fourth-order valence-corrected chi connectivity index (χ4v) is 0. The smallest absolute Gasteiger partial charge is 0 e. The van der Waals surface area contributed by atoms with Crippen LogP contribution in [0.3, 0.4) is 0 Å². The van der Waals surface area contributed by atoms with Crippen LogP contribution < -0.4 is 0 Å². The molecule has 0 spiro atoms. The van der Waals surface area contributed by atoms with E-state index in [4.69, 9.17) is 0 Å². The molecule has 0 bridgehead atoms. The fourth-order valence-electron chi connectivity index (χ4n) is 0. The van der Waals surface area contributed by atoms with Crippen LogP contribution in [0.1, 0.15) is 0 Å². The molecule has 0 aliphatic heterocycles. The van der Waals surface area contributed by atoms with Gasteiger partial charge in [0, 0.05) is 62.6 Å². The third kappa shape index (κ3) is 8.85. The molecule has 0 fully saturated rings. The maximum atomic E-state index is 2.11. The van der Waals surface area contributed by atoms with Crippen LogP contribution in [0.2, 0.25) is 0 Å². The first-order chi connectivity index (χ1) is 1.00. The Bertz CT molecular complexity index is 8.00. The number of hydrogen-bond donors (Lipinski definition) is 0. The molecule has 4 heteroatoms. The topological polar surface area (TPSA) is 0 Å². The predicted molar refractivity (Wildman–Crippen MR) is 8.54 cm³/mol. The zero-order chi connectivity index (χ0) is 2.00. The number of hydrogen-bond acceptors (Lipinski definition) is 0. The van der Waals surface area contributed by atoms with Crippen molar-refractivity contribution >= 4 is 5.93 Å². The summed E-state index contributed by atoms with van der Waals surface area (Å²) >= 11 is 1.44. The Hall–Kier alpha value is 2.87. The summed E-state index contributed by atoms with van der Waals surface area (Å²) in [7, 11) is 0. The molecule has 0 heterocycles. The largest absolute Gasteiger partial charge is 0 e. The maximum Gasteiger partial charge on any atom is 0 e. The van der Waals surface area contributed by atoms with E-state index in [0.29, 0.717) is 0 Å². The predicted octanol–water partition coefficient (Wildman–Crippen LogP) is -0.921. The van der Waals surface area contributed by atoms with E-state index in [2.05, 4.69) is 5.93 Å². The quantitative estimate of drug-likeness (QED) is 0.473. The van der Waals surface area contributed by atoms with Gasteiger partial charge in [0.05, 0.1) is 0 Å². The summed E-state index contributed by atoms with van der Waals surface area (Å²) in [5.41, 5.74) is 0. The molecular weight excluding hydrogens is 384 g/mol. The Morgan fingerprint density at radius 2 is 1.25 bits per heavy atom. The van der Waals surface area contributed by atoms with Gasteiger partial charge in [-0.2, -0.15) is 0 Å².